The zero-order chi connectivity index (χ0) is 17.5. The lowest BCUT2D eigenvalue weighted by molar-refractivity contribution is 0.0600. The number of furan rings is 1. The highest BCUT2D eigenvalue weighted by atomic mass is 35.5. The Labute approximate surface area is 159 Å². The average Bonchev–Trinajstić information content (AvgIpc) is 3.14. The first kappa shape index (κ1) is 19.8. The number of ether oxygens (including phenoxy) is 1. The third-order valence-corrected chi connectivity index (χ3v) is 3.98. The summed E-state index contributed by atoms with van der Waals surface area (Å²) in [5.74, 6) is 1.34. The maximum Gasteiger partial charge on any atom is 0.337 e. The highest BCUT2D eigenvalue weighted by Gasteiger charge is 2.08. The molecule has 1 heterocycles. The third-order valence-electron chi connectivity index (χ3n) is 3.98. The molecule has 26 heavy (non-hydrogen) atoms. The van der Waals surface area contributed by atoms with Crippen LogP contribution in [0.4, 0.5) is 0 Å². The number of hydrogen-bond donors (Lipinski definition) is 1. The van der Waals surface area contributed by atoms with E-state index in [2.05, 4.69) is 29.6 Å². The Balaban J connectivity index is 0.00000243. The molecule has 1 aromatic heterocycles. The van der Waals surface area contributed by atoms with Crippen LogP contribution in [0, 0.1) is 0 Å². The maximum atomic E-state index is 11.5. The largest absolute Gasteiger partial charge is 0.465 e. The molecule has 0 unspecified atom stereocenters. The molecule has 0 spiro atoms. The summed E-state index contributed by atoms with van der Waals surface area (Å²) in [6.45, 7) is 1.58. The summed E-state index contributed by atoms with van der Waals surface area (Å²) in [4.78, 5) is 11.5. The number of esters is 1. The second-order valence-electron chi connectivity index (χ2n) is 5.75. The van der Waals surface area contributed by atoms with Gasteiger partial charge in [-0.3, -0.25) is 0 Å². The van der Waals surface area contributed by atoms with Crippen LogP contribution in [0.1, 0.15) is 21.7 Å². The molecule has 0 aliphatic heterocycles. The summed E-state index contributed by atoms with van der Waals surface area (Å²) in [7, 11) is 1.37. The molecular weight excluding hydrogens is 350 g/mol. The number of nitrogens with one attached hydrogen (secondary N) is 1. The van der Waals surface area contributed by atoms with Gasteiger partial charge in [0.2, 0.25) is 0 Å². The van der Waals surface area contributed by atoms with Crippen molar-refractivity contribution in [3.63, 3.8) is 0 Å². The molecule has 5 heteroatoms. The summed E-state index contributed by atoms with van der Waals surface area (Å²) >= 11 is 0. The zero-order valence-corrected chi connectivity index (χ0v) is 15.4. The summed E-state index contributed by atoms with van der Waals surface area (Å²) < 4.78 is 10.6. The fourth-order valence-electron chi connectivity index (χ4n) is 2.61. The fourth-order valence-corrected chi connectivity index (χ4v) is 2.61. The van der Waals surface area contributed by atoms with Crippen molar-refractivity contribution in [2.24, 2.45) is 0 Å². The van der Waals surface area contributed by atoms with Crippen molar-refractivity contribution in [1.82, 2.24) is 5.32 Å². The van der Waals surface area contributed by atoms with Gasteiger partial charge in [0.05, 0.1) is 19.2 Å². The minimum absolute atomic E-state index is 0. The van der Waals surface area contributed by atoms with Crippen molar-refractivity contribution in [3.8, 4) is 11.3 Å². The van der Waals surface area contributed by atoms with Crippen LogP contribution in [0.25, 0.3) is 11.3 Å². The minimum Gasteiger partial charge on any atom is -0.465 e. The highest BCUT2D eigenvalue weighted by Crippen LogP contribution is 2.22. The summed E-state index contributed by atoms with van der Waals surface area (Å²) in [5.41, 5.74) is 2.78. The molecule has 4 nitrogen and oxygen atoms in total. The van der Waals surface area contributed by atoms with Crippen LogP contribution < -0.4 is 5.32 Å². The Morgan fingerprint density at radius 2 is 1.73 bits per heavy atom. The normalized spacial score (nSPS) is 10.2. The molecule has 2 aromatic carbocycles. The van der Waals surface area contributed by atoms with Crippen molar-refractivity contribution in [3.05, 3.63) is 83.6 Å². The molecule has 0 aliphatic rings. The van der Waals surface area contributed by atoms with Crippen molar-refractivity contribution in [2.45, 2.75) is 13.0 Å². The number of methoxy groups -OCH3 is 1. The number of rotatable bonds is 7. The Morgan fingerprint density at radius 1 is 1.00 bits per heavy atom. The van der Waals surface area contributed by atoms with Crippen LogP contribution in [-0.4, -0.2) is 19.6 Å². The Hall–Kier alpha value is -2.56. The second kappa shape index (κ2) is 9.80. The van der Waals surface area contributed by atoms with Gasteiger partial charge in [-0.05, 0) is 42.8 Å². The first-order chi connectivity index (χ1) is 12.3. The van der Waals surface area contributed by atoms with Gasteiger partial charge in [0, 0.05) is 5.56 Å². The number of carbonyl (C=O) groups excluding carboxylic acids is 1. The quantitative estimate of drug-likeness (QED) is 0.491. The fraction of sp³-hybridized carbons (Fsp3) is 0.190. The Morgan fingerprint density at radius 3 is 2.42 bits per heavy atom. The van der Waals surface area contributed by atoms with Crippen LogP contribution in [0.2, 0.25) is 0 Å². The van der Waals surface area contributed by atoms with Crippen LogP contribution in [-0.2, 0) is 17.7 Å². The van der Waals surface area contributed by atoms with E-state index in [1.54, 1.807) is 12.1 Å². The van der Waals surface area contributed by atoms with Gasteiger partial charge in [-0.15, -0.1) is 12.4 Å². The van der Waals surface area contributed by atoms with E-state index >= 15 is 0 Å². The van der Waals surface area contributed by atoms with Crippen molar-refractivity contribution in [1.29, 1.82) is 0 Å². The number of hydrogen-bond acceptors (Lipinski definition) is 4. The van der Waals surface area contributed by atoms with Gasteiger partial charge in [0.1, 0.15) is 11.5 Å². The lowest BCUT2D eigenvalue weighted by atomic mass is 10.1. The molecular formula is C21H22ClNO3. The number of halogens is 1. The summed E-state index contributed by atoms with van der Waals surface area (Å²) in [5, 5.41) is 3.39. The first-order valence-corrected chi connectivity index (χ1v) is 8.28. The molecule has 0 amide bonds. The summed E-state index contributed by atoms with van der Waals surface area (Å²) in [6.07, 6.45) is 0.989. The zero-order valence-electron chi connectivity index (χ0n) is 14.6. The lowest BCUT2D eigenvalue weighted by Crippen LogP contribution is -2.16. The molecule has 0 saturated heterocycles. The van der Waals surface area contributed by atoms with Gasteiger partial charge >= 0.3 is 5.97 Å². The van der Waals surface area contributed by atoms with Crippen LogP contribution in [0.5, 0.6) is 0 Å². The predicted octanol–water partition coefficient (Wildman–Crippen LogP) is 4.49. The van der Waals surface area contributed by atoms with Gasteiger partial charge < -0.3 is 14.5 Å². The molecule has 0 aliphatic carbocycles. The molecule has 3 rings (SSSR count). The topological polar surface area (TPSA) is 51.5 Å². The first-order valence-electron chi connectivity index (χ1n) is 8.28. The highest BCUT2D eigenvalue weighted by molar-refractivity contribution is 5.89. The van der Waals surface area contributed by atoms with Gasteiger partial charge in [0.25, 0.3) is 0 Å². The standard InChI is InChI=1S/C21H21NO3.ClH/c1-24-21(23)18-9-7-17(8-10-18)20-12-11-19(25-20)15-22-14-13-16-5-3-2-4-6-16;/h2-12,22H,13-15H2,1H3;1H. The smallest absolute Gasteiger partial charge is 0.337 e. The Kier molecular flexibility index (Phi) is 7.45. The van der Waals surface area contributed by atoms with E-state index in [1.165, 1.54) is 12.7 Å². The molecule has 0 fully saturated rings. The number of carbonyl (C=O) groups is 1. The van der Waals surface area contributed by atoms with E-state index in [0.717, 1.165) is 30.0 Å². The third kappa shape index (κ3) is 5.22. The monoisotopic (exact) mass is 371 g/mol. The molecule has 0 radical (unpaired) electrons. The van der Waals surface area contributed by atoms with E-state index in [0.29, 0.717) is 12.1 Å². The van der Waals surface area contributed by atoms with E-state index in [1.807, 2.05) is 30.3 Å². The lowest BCUT2D eigenvalue weighted by Gasteiger charge is -2.03. The molecule has 136 valence electrons. The van der Waals surface area contributed by atoms with Crippen LogP contribution >= 0.6 is 12.4 Å². The van der Waals surface area contributed by atoms with E-state index < -0.39 is 0 Å². The van der Waals surface area contributed by atoms with Gasteiger partial charge in [-0.1, -0.05) is 42.5 Å². The van der Waals surface area contributed by atoms with Crippen molar-refractivity contribution >= 4 is 18.4 Å². The minimum atomic E-state index is -0.339. The maximum absolute atomic E-state index is 11.5. The SMILES string of the molecule is COC(=O)c1ccc(-c2ccc(CNCCc3ccccc3)o2)cc1.Cl. The predicted molar refractivity (Wildman–Crippen MR) is 105 cm³/mol. The van der Waals surface area contributed by atoms with Crippen LogP contribution in [0.3, 0.4) is 0 Å². The van der Waals surface area contributed by atoms with E-state index in [-0.39, 0.29) is 18.4 Å². The molecule has 1 N–H and O–H groups in total. The van der Waals surface area contributed by atoms with Crippen molar-refractivity contribution in [2.75, 3.05) is 13.7 Å². The molecule has 0 bridgehead atoms. The molecule has 3 aromatic rings. The van der Waals surface area contributed by atoms with Crippen LogP contribution in [0.15, 0.2) is 71.1 Å². The average molecular weight is 372 g/mol. The van der Waals surface area contributed by atoms with Gasteiger partial charge in [0.15, 0.2) is 0 Å². The van der Waals surface area contributed by atoms with Crippen molar-refractivity contribution < 1.29 is 13.9 Å². The van der Waals surface area contributed by atoms with E-state index in [4.69, 9.17) is 9.15 Å². The molecule has 0 saturated carbocycles. The summed E-state index contributed by atoms with van der Waals surface area (Å²) in [6, 6.07) is 21.5. The Bertz CT molecular complexity index is 813. The molecule has 0 atom stereocenters. The van der Waals surface area contributed by atoms with E-state index in [9.17, 15) is 4.79 Å². The van der Waals surface area contributed by atoms with Gasteiger partial charge in [-0.25, -0.2) is 4.79 Å². The number of benzene rings is 2. The van der Waals surface area contributed by atoms with Gasteiger partial charge in [-0.2, -0.15) is 0 Å². The second-order valence-corrected chi connectivity index (χ2v) is 5.75.